The smallest absolute Gasteiger partial charge is 0.152 e. The van der Waals surface area contributed by atoms with Gasteiger partial charge in [0.15, 0.2) is 11.2 Å². The van der Waals surface area contributed by atoms with Crippen LogP contribution in [0.3, 0.4) is 0 Å². The Kier molecular flexibility index (Phi) is 6.26. The molecule has 4 atom stereocenters. The van der Waals surface area contributed by atoms with Crippen LogP contribution in [0.5, 0.6) is 0 Å². The molecule has 0 amide bonds. The highest BCUT2D eigenvalue weighted by Crippen LogP contribution is 2.48. The monoisotopic (exact) mass is 674 g/mol. The first kappa shape index (κ1) is 22.8. The van der Waals surface area contributed by atoms with E-state index in [1.807, 2.05) is 0 Å². The lowest BCUT2D eigenvalue weighted by atomic mass is 9.82. The molecule has 164 valence electrons. The van der Waals surface area contributed by atoms with Gasteiger partial charge in [-0.15, -0.1) is 0 Å². The summed E-state index contributed by atoms with van der Waals surface area (Å²) in [6.07, 6.45) is 2.08. The minimum absolute atomic E-state index is 0.301. The molecular formula is C18H18Br4N2O6. The molecule has 4 unspecified atom stereocenters. The maximum Gasteiger partial charge on any atom is 0.152 e. The predicted octanol–water partition coefficient (Wildman–Crippen LogP) is 3.34. The van der Waals surface area contributed by atoms with Gasteiger partial charge in [0.1, 0.15) is 23.7 Å². The summed E-state index contributed by atoms with van der Waals surface area (Å²) in [7, 11) is 3.05. The van der Waals surface area contributed by atoms with Crippen LogP contribution in [0, 0.1) is 0 Å². The summed E-state index contributed by atoms with van der Waals surface area (Å²) < 4.78 is 12.9. The number of methoxy groups -OCH3 is 2. The third kappa shape index (κ3) is 3.43. The molecule has 0 fully saturated rings. The minimum atomic E-state index is -1.09. The number of halogens is 4. The van der Waals surface area contributed by atoms with Crippen molar-refractivity contribution < 1.29 is 29.4 Å². The summed E-state index contributed by atoms with van der Waals surface area (Å²) >= 11 is 13.7. The largest absolute Gasteiger partial charge is 0.495 e. The van der Waals surface area contributed by atoms with E-state index < -0.39 is 23.4 Å². The molecule has 0 radical (unpaired) electrons. The van der Waals surface area contributed by atoms with Crippen LogP contribution in [0.25, 0.3) is 0 Å². The van der Waals surface area contributed by atoms with Crippen molar-refractivity contribution in [1.29, 1.82) is 0 Å². The molecule has 0 aromatic carbocycles. The van der Waals surface area contributed by atoms with Gasteiger partial charge in [-0.1, -0.05) is 0 Å². The van der Waals surface area contributed by atoms with E-state index >= 15 is 0 Å². The molecule has 4 aliphatic rings. The van der Waals surface area contributed by atoms with Crippen LogP contribution < -0.4 is 11.0 Å². The van der Waals surface area contributed by atoms with E-state index in [-0.39, 0.29) is 0 Å². The second-order valence-corrected chi connectivity index (χ2v) is 10.6. The molecule has 8 nitrogen and oxygen atoms in total. The molecular weight excluding hydrogens is 660 g/mol. The maximum absolute atomic E-state index is 10.9. The molecule has 4 rings (SSSR count). The number of aliphatic hydroxyl groups excluding tert-OH is 2. The number of hydrogen-bond acceptors (Lipinski definition) is 8. The van der Waals surface area contributed by atoms with Gasteiger partial charge >= 0.3 is 0 Å². The van der Waals surface area contributed by atoms with Crippen molar-refractivity contribution in [1.82, 2.24) is 11.0 Å². The van der Waals surface area contributed by atoms with Gasteiger partial charge in [-0.25, -0.2) is 0 Å². The zero-order chi connectivity index (χ0) is 21.8. The van der Waals surface area contributed by atoms with Crippen molar-refractivity contribution in [3.8, 4) is 0 Å². The molecule has 2 aliphatic heterocycles. The summed E-state index contributed by atoms with van der Waals surface area (Å²) in [5.41, 5.74) is 5.11. The first-order valence-corrected chi connectivity index (χ1v) is 12.0. The Bertz CT molecular complexity index is 871. The molecule has 0 aromatic heterocycles. The number of allylic oxidation sites excluding steroid dienone is 2. The number of ether oxygens (including phenoxy) is 2. The Hall–Kier alpha value is -0.340. The molecule has 0 saturated carbocycles. The average molecular weight is 678 g/mol. The van der Waals surface area contributed by atoms with Crippen LogP contribution >= 0.6 is 63.7 Å². The number of nitrogens with one attached hydrogen (secondary N) is 2. The van der Waals surface area contributed by atoms with Gasteiger partial charge in [0.2, 0.25) is 0 Å². The SMILES string of the molecule is COC1=C(Br)C(O)C2(C=C1Br)CC1=C(CC3(C=C(Br)C(OC)=C(Br)C3O)ON1)NO2. The summed E-state index contributed by atoms with van der Waals surface area (Å²) in [6, 6.07) is 0. The fourth-order valence-corrected chi connectivity index (χ4v) is 7.41. The van der Waals surface area contributed by atoms with Gasteiger partial charge in [0.25, 0.3) is 0 Å². The Labute approximate surface area is 206 Å². The van der Waals surface area contributed by atoms with E-state index in [2.05, 4.69) is 74.7 Å². The molecule has 2 aliphatic carbocycles. The highest BCUT2D eigenvalue weighted by molar-refractivity contribution is 9.12. The van der Waals surface area contributed by atoms with E-state index in [1.54, 1.807) is 12.2 Å². The molecule has 4 N–H and O–H groups in total. The molecule has 30 heavy (non-hydrogen) atoms. The summed E-state index contributed by atoms with van der Waals surface area (Å²) in [5.74, 6) is 0.989. The zero-order valence-electron chi connectivity index (χ0n) is 15.8. The van der Waals surface area contributed by atoms with Gasteiger partial charge in [0.05, 0.1) is 43.5 Å². The van der Waals surface area contributed by atoms with E-state index in [9.17, 15) is 10.2 Å². The maximum atomic E-state index is 10.9. The van der Waals surface area contributed by atoms with E-state index in [1.165, 1.54) is 14.2 Å². The molecule has 2 heterocycles. The highest BCUT2D eigenvalue weighted by Gasteiger charge is 2.53. The average Bonchev–Trinajstić information content (AvgIpc) is 2.71. The number of rotatable bonds is 2. The molecule has 0 saturated heterocycles. The third-order valence-corrected chi connectivity index (χ3v) is 8.19. The van der Waals surface area contributed by atoms with Gasteiger partial charge in [-0.2, -0.15) is 0 Å². The van der Waals surface area contributed by atoms with Crippen molar-refractivity contribution in [2.24, 2.45) is 0 Å². The Balaban J connectivity index is 1.63. The van der Waals surface area contributed by atoms with Crippen LogP contribution in [0.4, 0.5) is 0 Å². The van der Waals surface area contributed by atoms with Crippen LogP contribution in [-0.4, -0.2) is 47.8 Å². The summed E-state index contributed by atoms with van der Waals surface area (Å²) in [5, 5.41) is 21.8. The first-order chi connectivity index (χ1) is 14.2. The second kappa shape index (κ2) is 8.22. The van der Waals surface area contributed by atoms with Gasteiger partial charge in [-0.3, -0.25) is 20.6 Å². The van der Waals surface area contributed by atoms with Crippen LogP contribution in [-0.2, 0) is 19.1 Å². The van der Waals surface area contributed by atoms with Gasteiger partial charge in [0, 0.05) is 12.8 Å². The highest BCUT2D eigenvalue weighted by atomic mass is 79.9. The van der Waals surface area contributed by atoms with Gasteiger partial charge in [-0.05, 0) is 75.9 Å². The first-order valence-electron chi connectivity index (χ1n) is 8.79. The molecule has 12 heteroatoms. The van der Waals surface area contributed by atoms with Crippen LogP contribution in [0.1, 0.15) is 12.8 Å². The van der Waals surface area contributed by atoms with Crippen molar-refractivity contribution in [2.75, 3.05) is 14.2 Å². The molecule has 0 bridgehead atoms. The van der Waals surface area contributed by atoms with Crippen molar-refractivity contribution in [3.63, 3.8) is 0 Å². The number of aliphatic hydroxyl groups is 2. The topological polar surface area (TPSA) is 101 Å². The third-order valence-electron chi connectivity index (χ3n) is 5.42. The standard InChI is InChI=1S/C18H18Br4N2O6/c1-27-13-7(19)3-17(15(25)11(13)21)5-9-10(23-29-17)6-18(30-24-9)4-8(20)14(28-2)12(22)16(18)26/h3-4,15-16,23-26H,5-6H2,1-2H3. The predicted molar refractivity (Wildman–Crippen MR) is 122 cm³/mol. The van der Waals surface area contributed by atoms with Crippen molar-refractivity contribution >= 4 is 63.7 Å². The lowest BCUT2D eigenvalue weighted by Gasteiger charge is -2.47. The fraction of sp³-hybridized carbons (Fsp3) is 0.444. The van der Waals surface area contributed by atoms with Crippen molar-refractivity contribution in [2.45, 2.75) is 36.3 Å². The van der Waals surface area contributed by atoms with Crippen LogP contribution in [0.15, 0.2) is 53.0 Å². The van der Waals surface area contributed by atoms with E-state index in [0.29, 0.717) is 53.7 Å². The Morgan fingerprint density at radius 2 is 1.20 bits per heavy atom. The normalized spacial score (nSPS) is 36.3. The minimum Gasteiger partial charge on any atom is -0.495 e. The molecule has 0 aromatic rings. The van der Waals surface area contributed by atoms with Crippen molar-refractivity contribution in [3.05, 3.63) is 53.0 Å². The van der Waals surface area contributed by atoms with E-state index in [4.69, 9.17) is 19.1 Å². The lowest BCUT2D eigenvalue weighted by Crippen LogP contribution is -2.58. The number of hydroxylamine groups is 2. The Morgan fingerprint density at radius 1 is 0.833 bits per heavy atom. The zero-order valence-corrected chi connectivity index (χ0v) is 22.1. The van der Waals surface area contributed by atoms with E-state index in [0.717, 1.165) is 0 Å². The second-order valence-electron chi connectivity index (χ2n) is 7.18. The Morgan fingerprint density at radius 3 is 1.53 bits per heavy atom. The van der Waals surface area contributed by atoms with Gasteiger partial charge < -0.3 is 19.7 Å². The summed E-state index contributed by atoms with van der Waals surface area (Å²) in [4.78, 5) is 11.9. The quantitative estimate of drug-likeness (QED) is 0.354. The molecule has 2 spiro atoms. The fourth-order valence-electron chi connectivity index (χ4n) is 3.83. The number of hydrogen-bond donors (Lipinski definition) is 4. The summed E-state index contributed by atoms with van der Waals surface area (Å²) in [6.45, 7) is 0. The lowest BCUT2D eigenvalue weighted by molar-refractivity contribution is -0.169. The van der Waals surface area contributed by atoms with Crippen LogP contribution in [0.2, 0.25) is 0 Å².